The minimum atomic E-state index is -3.79. The van der Waals surface area contributed by atoms with Crippen molar-refractivity contribution in [1.29, 1.82) is 0 Å². The molecule has 9 heteroatoms. The molecule has 0 aliphatic carbocycles. The normalized spacial score (nSPS) is 13.2. The third-order valence-corrected chi connectivity index (χ3v) is 5.34. The number of carboxylic acid groups (broad SMARTS) is 1. The molecule has 0 saturated heterocycles. The summed E-state index contributed by atoms with van der Waals surface area (Å²) in [7, 11) is -2.42. The monoisotopic (exact) mass is 338 g/mol. The first kappa shape index (κ1) is 17.1. The molecule has 1 aromatic heterocycles. The van der Waals surface area contributed by atoms with Crippen LogP contribution in [0.1, 0.15) is 12.5 Å². The number of carbonyl (C=O) groups is 1. The van der Waals surface area contributed by atoms with Crippen LogP contribution in [0.5, 0.6) is 0 Å². The van der Waals surface area contributed by atoms with Gasteiger partial charge in [0.05, 0.1) is 17.4 Å². The lowest BCUT2D eigenvalue weighted by molar-refractivity contribution is -0.141. The third kappa shape index (κ3) is 3.93. The average molecular weight is 338 g/mol. The van der Waals surface area contributed by atoms with Crippen molar-refractivity contribution in [3.8, 4) is 0 Å². The largest absolute Gasteiger partial charge is 0.481 e. The maximum Gasteiger partial charge on any atom is 0.307 e. The van der Waals surface area contributed by atoms with Gasteiger partial charge in [0.1, 0.15) is 12.7 Å². The summed E-state index contributed by atoms with van der Waals surface area (Å²) in [6.07, 6.45) is 2.87. The summed E-state index contributed by atoms with van der Waals surface area (Å²) in [5.74, 6) is -1.83. The number of benzene rings is 1. The van der Waals surface area contributed by atoms with Crippen molar-refractivity contribution in [2.75, 3.05) is 13.6 Å². The molecule has 0 amide bonds. The molecule has 1 unspecified atom stereocenters. The highest BCUT2D eigenvalue weighted by atomic mass is 32.2. The van der Waals surface area contributed by atoms with Gasteiger partial charge in [0.15, 0.2) is 0 Å². The zero-order chi connectivity index (χ0) is 17.0. The fourth-order valence-electron chi connectivity index (χ4n) is 2.10. The van der Waals surface area contributed by atoms with Crippen molar-refractivity contribution in [3.05, 3.63) is 42.5 Å². The summed E-state index contributed by atoms with van der Waals surface area (Å²) in [5, 5.41) is 12.9. The van der Waals surface area contributed by atoms with Gasteiger partial charge in [-0.3, -0.25) is 4.79 Å². The molecule has 1 atom stereocenters. The molecule has 0 saturated carbocycles. The number of hydrogen-bond donors (Lipinski definition) is 1. The summed E-state index contributed by atoms with van der Waals surface area (Å²) in [6, 6.07) is 6.57. The third-order valence-electron chi connectivity index (χ3n) is 3.41. The lowest BCUT2D eigenvalue weighted by Crippen LogP contribution is -2.34. The predicted octanol–water partition coefficient (Wildman–Crippen LogP) is 0.668. The van der Waals surface area contributed by atoms with E-state index < -0.39 is 21.9 Å². The maximum absolute atomic E-state index is 12.7. The van der Waals surface area contributed by atoms with Crippen LogP contribution in [0.25, 0.3) is 0 Å². The van der Waals surface area contributed by atoms with Gasteiger partial charge in [0, 0.05) is 13.6 Å². The zero-order valence-corrected chi connectivity index (χ0v) is 13.6. The van der Waals surface area contributed by atoms with Crippen LogP contribution in [-0.2, 0) is 21.4 Å². The Hall–Kier alpha value is -2.26. The minimum absolute atomic E-state index is 0.102. The van der Waals surface area contributed by atoms with E-state index in [9.17, 15) is 13.2 Å². The van der Waals surface area contributed by atoms with E-state index in [1.807, 2.05) is 0 Å². The number of aliphatic carboxylic acids is 1. The van der Waals surface area contributed by atoms with Crippen LogP contribution in [0.15, 0.2) is 41.8 Å². The Morgan fingerprint density at radius 3 is 2.70 bits per heavy atom. The highest BCUT2D eigenvalue weighted by Gasteiger charge is 2.26. The quantitative estimate of drug-likeness (QED) is 0.795. The minimum Gasteiger partial charge on any atom is -0.481 e. The Kier molecular flexibility index (Phi) is 5.12. The van der Waals surface area contributed by atoms with Crippen LogP contribution in [0, 0.1) is 5.92 Å². The molecule has 1 N–H and O–H groups in total. The van der Waals surface area contributed by atoms with Crippen molar-refractivity contribution in [1.82, 2.24) is 19.1 Å². The average Bonchev–Trinajstić information content (AvgIpc) is 3.00. The number of nitrogens with zero attached hydrogens (tertiary/aromatic N) is 4. The summed E-state index contributed by atoms with van der Waals surface area (Å²) in [6.45, 7) is 1.63. The summed E-state index contributed by atoms with van der Waals surface area (Å²) < 4.78 is 28.0. The fourth-order valence-corrected chi connectivity index (χ4v) is 3.57. The van der Waals surface area contributed by atoms with Gasteiger partial charge >= 0.3 is 5.97 Å². The van der Waals surface area contributed by atoms with Gasteiger partial charge in [-0.1, -0.05) is 25.1 Å². The second kappa shape index (κ2) is 6.88. The van der Waals surface area contributed by atoms with E-state index in [-0.39, 0.29) is 18.0 Å². The van der Waals surface area contributed by atoms with Gasteiger partial charge in [-0.25, -0.2) is 22.4 Å². The Bertz CT molecular complexity index is 774. The first-order valence-corrected chi connectivity index (χ1v) is 8.36. The first-order valence-electron chi connectivity index (χ1n) is 6.92. The van der Waals surface area contributed by atoms with Crippen LogP contribution < -0.4 is 0 Å². The number of sulfonamides is 1. The number of hydrogen-bond acceptors (Lipinski definition) is 5. The highest BCUT2D eigenvalue weighted by Crippen LogP contribution is 2.21. The Balaban J connectivity index is 2.30. The maximum atomic E-state index is 12.7. The predicted molar refractivity (Wildman–Crippen MR) is 82.2 cm³/mol. The molecule has 1 aromatic carbocycles. The Morgan fingerprint density at radius 2 is 2.09 bits per heavy atom. The molecule has 124 valence electrons. The summed E-state index contributed by atoms with van der Waals surface area (Å²) >= 11 is 0. The van der Waals surface area contributed by atoms with Crippen LogP contribution in [0.2, 0.25) is 0 Å². The lowest BCUT2D eigenvalue weighted by Gasteiger charge is -2.21. The van der Waals surface area contributed by atoms with E-state index >= 15 is 0 Å². The van der Waals surface area contributed by atoms with Gasteiger partial charge in [-0.15, -0.1) is 0 Å². The van der Waals surface area contributed by atoms with Gasteiger partial charge in [-0.2, -0.15) is 5.10 Å². The number of aromatic nitrogens is 3. The fraction of sp³-hybridized carbons (Fsp3) is 0.357. The van der Waals surface area contributed by atoms with Crippen LogP contribution in [0.4, 0.5) is 0 Å². The molecule has 23 heavy (non-hydrogen) atoms. The van der Waals surface area contributed by atoms with Crippen LogP contribution >= 0.6 is 0 Å². The van der Waals surface area contributed by atoms with Crippen molar-refractivity contribution >= 4 is 16.0 Å². The van der Waals surface area contributed by atoms with Crippen molar-refractivity contribution in [2.24, 2.45) is 5.92 Å². The van der Waals surface area contributed by atoms with E-state index in [0.717, 1.165) is 4.31 Å². The number of carboxylic acids is 1. The van der Waals surface area contributed by atoms with Crippen LogP contribution in [0.3, 0.4) is 0 Å². The SMILES string of the molecule is CC(CN(C)S(=O)(=O)c1ccccc1Cn1cncn1)C(=O)O. The molecule has 0 bridgehead atoms. The smallest absolute Gasteiger partial charge is 0.307 e. The molecule has 1 heterocycles. The molecular formula is C14H18N4O4S. The first-order chi connectivity index (χ1) is 10.8. The molecule has 2 aromatic rings. The van der Waals surface area contributed by atoms with Crippen molar-refractivity contribution in [3.63, 3.8) is 0 Å². The molecule has 0 fully saturated rings. The van der Waals surface area contributed by atoms with Crippen LogP contribution in [-0.4, -0.2) is 52.2 Å². The molecule has 0 aliphatic heterocycles. The molecular weight excluding hydrogens is 320 g/mol. The van der Waals surface area contributed by atoms with Crippen molar-refractivity contribution < 1.29 is 18.3 Å². The second-order valence-electron chi connectivity index (χ2n) is 5.23. The topological polar surface area (TPSA) is 105 Å². The number of rotatable bonds is 7. The van der Waals surface area contributed by atoms with Crippen molar-refractivity contribution in [2.45, 2.75) is 18.4 Å². The molecule has 2 rings (SSSR count). The molecule has 0 spiro atoms. The second-order valence-corrected chi connectivity index (χ2v) is 7.24. The van der Waals surface area contributed by atoms with Gasteiger partial charge < -0.3 is 5.11 Å². The van der Waals surface area contributed by atoms with Gasteiger partial charge in [-0.05, 0) is 11.6 Å². The van der Waals surface area contributed by atoms with E-state index in [1.165, 1.54) is 37.4 Å². The highest BCUT2D eigenvalue weighted by molar-refractivity contribution is 7.89. The van der Waals surface area contributed by atoms with Gasteiger partial charge in [0.25, 0.3) is 0 Å². The summed E-state index contributed by atoms with van der Waals surface area (Å²) in [4.78, 5) is 14.9. The van der Waals surface area contributed by atoms with Gasteiger partial charge in [0.2, 0.25) is 10.0 Å². The van der Waals surface area contributed by atoms with E-state index in [1.54, 1.807) is 18.2 Å². The molecule has 0 aliphatic rings. The summed E-state index contributed by atoms with van der Waals surface area (Å²) in [5.41, 5.74) is 0.563. The lowest BCUT2D eigenvalue weighted by atomic mass is 10.2. The molecule has 0 radical (unpaired) electrons. The standard InChI is InChI=1S/C14H18N4O4S/c1-11(14(19)20)7-17(2)23(21,22)13-6-4-3-5-12(13)8-18-10-15-9-16-18/h3-6,9-11H,7-8H2,1-2H3,(H,19,20). The zero-order valence-electron chi connectivity index (χ0n) is 12.8. The van der Waals surface area contributed by atoms with E-state index in [4.69, 9.17) is 5.11 Å². The van der Waals surface area contributed by atoms with E-state index in [0.29, 0.717) is 5.56 Å². The Labute approximate surface area is 134 Å². The molecule has 8 nitrogen and oxygen atoms in total. The van der Waals surface area contributed by atoms with E-state index in [2.05, 4.69) is 10.1 Å². The Morgan fingerprint density at radius 1 is 1.39 bits per heavy atom.